The first kappa shape index (κ1) is 14.6. The number of rotatable bonds is 5. The molecule has 3 unspecified atom stereocenters. The second-order valence-corrected chi connectivity index (χ2v) is 6.39. The van der Waals surface area contributed by atoms with Crippen LogP contribution in [-0.2, 0) is 0 Å². The number of aryl methyl sites for hydroxylation is 1. The van der Waals surface area contributed by atoms with Crippen molar-refractivity contribution in [3.8, 4) is 0 Å². The van der Waals surface area contributed by atoms with Crippen LogP contribution in [0.5, 0.6) is 0 Å². The SMILES string of the molecule is CCNC(c1ccc(Cl)cc1C)C1CC1c1ccccc1. The second kappa shape index (κ2) is 6.21. The molecule has 1 nitrogen and oxygen atoms in total. The predicted octanol–water partition coefficient (Wildman–Crippen LogP) is 5.10. The zero-order valence-corrected chi connectivity index (χ0v) is 13.4. The lowest BCUT2D eigenvalue weighted by Crippen LogP contribution is -2.24. The van der Waals surface area contributed by atoms with Gasteiger partial charge in [-0.2, -0.15) is 0 Å². The highest BCUT2D eigenvalue weighted by Crippen LogP contribution is 2.54. The van der Waals surface area contributed by atoms with Crippen LogP contribution in [0.1, 0.15) is 42.0 Å². The van der Waals surface area contributed by atoms with Gasteiger partial charge in [-0.25, -0.2) is 0 Å². The van der Waals surface area contributed by atoms with Gasteiger partial charge in [0.1, 0.15) is 0 Å². The predicted molar refractivity (Wildman–Crippen MR) is 89.9 cm³/mol. The molecule has 1 N–H and O–H groups in total. The van der Waals surface area contributed by atoms with Gasteiger partial charge in [0, 0.05) is 11.1 Å². The summed E-state index contributed by atoms with van der Waals surface area (Å²) in [6.07, 6.45) is 1.27. The molecule has 1 saturated carbocycles. The van der Waals surface area contributed by atoms with Crippen molar-refractivity contribution in [3.05, 3.63) is 70.2 Å². The van der Waals surface area contributed by atoms with Crippen molar-refractivity contribution in [1.29, 1.82) is 0 Å². The third-order valence-electron chi connectivity index (χ3n) is 4.49. The average Bonchev–Trinajstić information content (AvgIpc) is 3.27. The summed E-state index contributed by atoms with van der Waals surface area (Å²) >= 11 is 6.10. The molecule has 2 aromatic rings. The Morgan fingerprint density at radius 3 is 2.62 bits per heavy atom. The number of hydrogen-bond acceptors (Lipinski definition) is 1. The maximum absolute atomic E-state index is 6.10. The van der Waals surface area contributed by atoms with Crippen LogP contribution in [0.4, 0.5) is 0 Å². The van der Waals surface area contributed by atoms with Crippen molar-refractivity contribution >= 4 is 11.6 Å². The zero-order chi connectivity index (χ0) is 14.8. The lowest BCUT2D eigenvalue weighted by molar-refractivity contribution is 0.485. The van der Waals surface area contributed by atoms with Gasteiger partial charge < -0.3 is 5.32 Å². The Balaban J connectivity index is 1.83. The molecule has 3 atom stereocenters. The molecule has 0 aromatic heterocycles. The molecule has 0 aliphatic heterocycles. The van der Waals surface area contributed by atoms with E-state index >= 15 is 0 Å². The summed E-state index contributed by atoms with van der Waals surface area (Å²) in [6, 6.07) is 17.6. The lowest BCUT2D eigenvalue weighted by atomic mass is 9.95. The Labute approximate surface area is 132 Å². The van der Waals surface area contributed by atoms with Gasteiger partial charge in [0.05, 0.1) is 0 Å². The molecule has 1 fully saturated rings. The van der Waals surface area contributed by atoms with E-state index in [4.69, 9.17) is 11.6 Å². The normalized spacial score (nSPS) is 22.0. The van der Waals surface area contributed by atoms with Crippen LogP contribution in [0.15, 0.2) is 48.5 Å². The summed E-state index contributed by atoms with van der Waals surface area (Å²) in [4.78, 5) is 0. The minimum atomic E-state index is 0.428. The van der Waals surface area contributed by atoms with Crippen molar-refractivity contribution < 1.29 is 0 Å². The van der Waals surface area contributed by atoms with E-state index in [1.54, 1.807) is 0 Å². The summed E-state index contributed by atoms with van der Waals surface area (Å²) in [6.45, 7) is 5.33. The highest BCUT2D eigenvalue weighted by atomic mass is 35.5. The molecule has 2 heteroatoms. The Kier molecular flexibility index (Phi) is 4.32. The molecular formula is C19H22ClN. The van der Waals surface area contributed by atoms with E-state index in [0.29, 0.717) is 17.9 Å². The maximum atomic E-state index is 6.10. The molecule has 0 radical (unpaired) electrons. The summed E-state index contributed by atoms with van der Waals surface area (Å²) < 4.78 is 0. The van der Waals surface area contributed by atoms with E-state index in [1.807, 2.05) is 6.07 Å². The largest absolute Gasteiger partial charge is 0.310 e. The summed E-state index contributed by atoms with van der Waals surface area (Å²) in [5.41, 5.74) is 4.15. The van der Waals surface area contributed by atoms with Gasteiger partial charge in [0.25, 0.3) is 0 Å². The van der Waals surface area contributed by atoms with Gasteiger partial charge in [-0.15, -0.1) is 0 Å². The Morgan fingerprint density at radius 1 is 1.19 bits per heavy atom. The van der Waals surface area contributed by atoms with Crippen LogP contribution in [-0.4, -0.2) is 6.54 Å². The van der Waals surface area contributed by atoms with E-state index in [1.165, 1.54) is 23.1 Å². The monoisotopic (exact) mass is 299 g/mol. The quantitative estimate of drug-likeness (QED) is 0.809. The zero-order valence-electron chi connectivity index (χ0n) is 12.6. The van der Waals surface area contributed by atoms with Gasteiger partial charge in [0.15, 0.2) is 0 Å². The van der Waals surface area contributed by atoms with Crippen molar-refractivity contribution in [2.24, 2.45) is 5.92 Å². The molecule has 0 saturated heterocycles. The third kappa shape index (κ3) is 3.14. The van der Waals surface area contributed by atoms with Crippen LogP contribution >= 0.6 is 11.6 Å². The van der Waals surface area contributed by atoms with E-state index in [9.17, 15) is 0 Å². The van der Waals surface area contributed by atoms with E-state index in [0.717, 1.165) is 11.6 Å². The molecule has 0 heterocycles. The Hall–Kier alpha value is -1.31. The number of hydrogen-bond donors (Lipinski definition) is 1. The van der Waals surface area contributed by atoms with Crippen molar-refractivity contribution in [2.45, 2.75) is 32.2 Å². The van der Waals surface area contributed by atoms with Crippen LogP contribution < -0.4 is 5.32 Å². The molecule has 21 heavy (non-hydrogen) atoms. The molecule has 0 spiro atoms. The minimum Gasteiger partial charge on any atom is -0.310 e. The van der Waals surface area contributed by atoms with Gasteiger partial charge in [0.2, 0.25) is 0 Å². The average molecular weight is 300 g/mol. The topological polar surface area (TPSA) is 12.0 Å². The van der Waals surface area contributed by atoms with Gasteiger partial charge in [-0.05, 0) is 60.5 Å². The molecule has 0 amide bonds. The van der Waals surface area contributed by atoms with Crippen LogP contribution in [0.25, 0.3) is 0 Å². The highest BCUT2D eigenvalue weighted by molar-refractivity contribution is 6.30. The fraction of sp³-hybridized carbons (Fsp3) is 0.368. The summed E-state index contributed by atoms with van der Waals surface area (Å²) in [5.74, 6) is 1.37. The van der Waals surface area contributed by atoms with Gasteiger partial charge in [-0.3, -0.25) is 0 Å². The first-order valence-corrected chi connectivity index (χ1v) is 8.13. The Morgan fingerprint density at radius 2 is 1.95 bits per heavy atom. The Bertz CT molecular complexity index is 608. The fourth-order valence-electron chi connectivity index (χ4n) is 3.37. The van der Waals surface area contributed by atoms with E-state index in [-0.39, 0.29) is 0 Å². The summed E-state index contributed by atoms with van der Waals surface area (Å²) in [5, 5.41) is 4.50. The number of benzene rings is 2. The van der Waals surface area contributed by atoms with E-state index < -0.39 is 0 Å². The van der Waals surface area contributed by atoms with E-state index in [2.05, 4.69) is 61.6 Å². The van der Waals surface area contributed by atoms with Crippen molar-refractivity contribution in [3.63, 3.8) is 0 Å². The van der Waals surface area contributed by atoms with Crippen LogP contribution in [0, 0.1) is 12.8 Å². The maximum Gasteiger partial charge on any atom is 0.0408 e. The first-order chi connectivity index (χ1) is 10.2. The highest BCUT2D eigenvalue weighted by Gasteiger charge is 2.44. The molecule has 1 aliphatic carbocycles. The molecular weight excluding hydrogens is 278 g/mol. The number of halogens is 1. The second-order valence-electron chi connectivity index (χ2n) is 5.95. The minimum absolute atomic E-state index is 0.428. The number of nitrogens with one attached hydrogen (secondary N) is 1. The summed E-state index contributed by atoms with van der Waals surface area (Å²) in [7, 11) is 0. The van der Waals surface area contributed by atoms with Crippen LogP contribution in [0.3, 0.4) is 0 Å². The molecule has 0 bridgehead atoms. The van der Waals surface area contributed by atoms with Crippen molar-refractivity contribution in [1.82, 2.24) is 5.32 Å². The molecule has 2 aromatic carbocycles. The smallest absolute Gasteiger partial charge is 0.0408 e. The lowest BCUT2D eigenvalue weighted by Gasteiger charge is -2.21. The third-order valence-corrected chi connectivity index (χ3v) is 4.72. The first-order valence-electron chi connectivity index (χ1n) is 7.75. The van der Waals surface area contributed by atoms with Crippen molar-refractivity contribution in [2.75, 3.05) is 6.54 Å². The molecule has 1 aliphatic rings. The van der Waals surface area contributed by atoms with Gasteiger partial charge in [-0.1, -0.05) is 54.9 Å². The standard InChI is InChI=1S/C19H22ClN/c1-3-21-19(16-10-9-15(20)11-13(16)2)18-12-17(18)14-7-5-4-6-8-14/h4-11,17-19,21H,3,12H2,1-2H3. The molecule has 110 valence electrons. The van der Waals surface area contributed by atoms with Gasteiger partial charge >= 0.3 is 0 Å². The van der Waals surface area contributed by atoms with Crippen LogP contribution in [0.2, 0.25) is 5.02 Å². The molecule has 3 rings (SSSR count). The fourth-order valence-corrected chi connectivity index (χ4v) is 3.59.